The van der Waals surface area contributed by atoms with Gasteiger partial charge in [0, 0.05) is 12.2 Å². The summed E-state index contributed by atoms with van der Waals surface area (Å²) in [7, 11) is 0. The number of nitrogens with one attached hydrogen (secondary N) is 1. The summed E-state index contributed by atoms with van der Waals surface area (Å²) in [5.74, 6) is -0.0281. The Balaban J connectivity index is 1.86. The van der Waals surface area contributed by atoms with Gasteiger partial charge in [-0.25, -0.2) is 0 Å². The number of rotatable bonds is 5. The van der Waals surface area contributed by atoms with E-state index >= 15 is 0 Å². The van der Waals surface area contributed by atoms with Gasteiger partial charge < -0.3 is 9.88 Å². The molecule has 0 radical (unpaired) electrons. The molecule has 1 amide bonds. The highest BCUT2D eigenvalue weighted by molar-refractivity contribution is 5.94. The number of aromatic nitrogens is 1. The van der Waals surface area contributed by atoms with E-state index in [9.17, 15) is 4.79 Å². The molecular formula is C23H26N2O. The first-order valence-corrected chi connectivity index (χ1v) is 9.04. The number of benzene rings is 2. The predicted molar refractivity (Wildman–Crippen MR) is 107 cm³/mol. The third-order valence-corrected chi connectivity index (χ3v) is 4.78. The zero-order valence-corrected chi connectivity index (χ0v) is 15.9. The third-order valence-electron chi connectivity index (χ3n) is 4.78. The summed E-state index contributed by atoms with van der Waals surface area (Å²) in [5, 5.41) is 3.14. The molecule has 3 aromatic rings. The number of hydrogen-bond acceptors (Lipinski definition) is 1. The molecule has 1 atom stereocenters. The van der Waals surface area contributed by atoms with Crippen molar-refractivity contribution in [1.82, 2.24) is 9.88 Å². The first-order chi connectivity index (χ1) is 12.5. The van der Waals surface area contributed by atoms with Crippen molar-refractivity contribution in [3.8, 4) is 0 Å². The zero-order valence-electron chi connectivity index (χ0n) is 15.9. The number of hydrogen-bond donors (Lipinski definition) is 1. The van der Waals surface area contributed by atoms with Crippen molar-refractivity contribution in [3.05, 3.63) is 94.3 Å². The van der Waals surface area contributed by atoms with Gasteiger partial charge in [-0.15, -0.1) is 0 Å². The van der Waals surface area contributed by atoms with Gasteiger partial charge in [0.05, 0.1) is 6.04 Å². The predicted octanol–water partition coefficient (Wildman–Crippen LogP) is 4.95. The lowest BCUT2D eigenvalue weighted by Gasteiger charge is -2.17. The van der Waals surface area contributed by atoms with Crippen LogP contribution in [0.4, 0.5) is 0 Å². The summed E-state index contributed by atoms with van der Waals surface area (Å²) >= 11 is 0. The molecular weight excluding hydrogens is 320 g/mol. The maximum Gasteiger partial charge on any atom is 0.268 e. The van der Waals surface area contributed by atoms with Gasteiger partial charge in [-0.3, -0.25) is 4.79 Å². The molecule has 1 heterocycles. The maximum absolute atomic E-state index is 13.0. The average Bonchev–Trinajstić information content (AvgIpc) is 2.89. The van der Waals surface area contributed by atoms with Crippen molar-refractivity contribution >= 4 is 5.91 Å². The molecule has 3 rings (SSSR count). The minimum atomic E-state index is -0.0364. The minimum absolute atomic E-state index is 0.0281. The first-order valence-electron chi connectivity index (χ1n) is 9.04. The van der Waals surface area contributed by atoms with Crippen molar-refractivity contribution in [2.45, 2.75) is 40.3 Å². The summed E-state index contributed by atoms with van der Waals surface area (Å²) < 4.78 is 2.11. The largest absolute Gasteiger partial charge is 0.344 e. The van der Waals surface area contributed by atoms with Gasteiger partial charge in [0.25, 0.3) is 5.91 Å². The standard InChI is InChI=1S/C23H26N2O/c1-16-9-8-10-20(13-16)15-25-18(3)14-17(2)22(25)23(26)24-19(4)21-11-6-5-7-12-21/h5-14,19H,15H2,1-4H3,(H,24,26). The quantitative estimate of drug-likeness (QED) is 0.696. The van der Waals surface area contributed by atoms with Crippen LogP contribution >= 0.6 is 0 Å². The SMILES string of the molecule is Cc1cccc(Cn2c(C)cc(C)c2C(=O)NC(C)c2ccccc2)c1. The molecule has 0 aliphatic carbocycles. The van der Waals surface area contributed by atoms with Crippen LogP contribution in [0.5, 0.6) is 0 Å². The summed E-state index contributed by atoms with van der Waals surface area (Å²) in [6.45, 7) is 8.86. The highest BCUT2D eigenvalue weighted by Crippen LogP contribution is 2.20. The maximum atomic E-state index is 13.0. The second-order valence-corrected chi connectivity index (χ2v) is 7.00. The van der Waals surface area contributed by atoms with E-state index in [0.717, 1.165) is 22.5 Å². The lowest BCUT2D eigenvalue weighted by molar-refractivity contribution is 0.0930. The second kappa shape index (κ2) is 7.61. The molecule has 3 heteroatoms. The average molecular weight is 346 g/mol. The molecule has 0 fully saturated rings. The molecule has 0 aliphatic rings. The first kappa shape index (κ1) is 18.0. The van der Waals surface area contributed by atoms with Crippen molar-refractivity contribution in [3.63, 3.8) is 0 Å². The third kappa shape index (κ3) is 3.88. The van der Waals surface area contributed by atoms with Crippen LogP contribution < -0.4 is 5.32 Å². The van der Waals surface area contributed by atoms with Crippen LogP contribution in [0.2, 0.25) is 0 Å². The Morgan fingerprint density at radius 2 is 1.73 bits per heavy atom. The molecule has 0 aliphatic heterocycles. The van der Waals surface area contributed by atoms with E-state index in [1.165, 1.54) is 11.1 Å². The Bertz CT molecular complexity index is 909. The number of amides is 1. The Morgan fingerprint density at radius 3 is 2.42 bits per heavy atom. The second-order valence-electron chi connectivity index (χ2n) is 7.00. The van der Waals surface area contributed by atoms with E-state index in [1.807, 2.05) is 44.2 Å². The van der Waals surface area contributed by atoms with Crippen LogP contribution in [0.15, 0.2) is 60.7 Å². The van der Waals surface area contributed by atoms with Crippen LogP contribution in [0, 0.1) is 20.8 Å². The Kier molecular flexibility index (Phi) is 5.27. The molecule has 0 saturated heterocycles. The molecule has 0 spiro atoms. The number of nitrogens with zero attached hydrogens (tertiary/aromatic N) is 1. The van der Waals surface area contributed by atoms with E-state index in [2.05, 4.69) is 54.1 Å². The van der Waals surface area contributed by atoms with Crippen molar-refractivity contribution < 1.29 is 4.79 Å². The highest BCUT2D eigenvalue weighted by Gasteiger charge is 2.19. The molecule has 1 unspecified atom stereocenters. The summed E-state index contributed by atoms with van der Waals surface area (Å²) in [5.41, 5.74) is 6.38. The minimum Gasteiger partial charge on any atom is -0.344 e. The van der Waals surface area contributed by atoms with Gasteiger partial charge in [0.2, 0.25) is 0 Å². The zero-order chi connectivity index (χ0) is 18.7. The monoisotopic (exact) mass is 346 g/mol. The molecule has 26 heavy (non-hydrogen) atoms. The van der Waals surface area contributed by atoms with Crippen molar-refractivity contribution in [1.29, 1.82) is 0 Å². The number of carbonyl (C=O) groups excluding carboxylic acids is 1. The fraction of sp³-hybridized carbons (Fsp3) is 0.261. The van der Waals surface area contributed by atoms with Gasteiger partial charge in [0.15, 0.2) is 0 Å². The molecule has 1 N–H and O–H groups in total. The van der Waals surface area contributed by atoms with Crippen LogP contribution in [0.3, 0.4) is 0 Å². The van der Waals surface area contributed by atoms with E-state index in [1.54, 1.807) is 0 Å². The van der Waals surface area contributed by atoms with Crippen LogP contribution in [-0.2, 0) is 6.54 Å². The van der Waals surface area contributed by atoms with Crippen molar-refractivity contribution in [2.24, 2.45) is 0 Å². The molecule has 3 nitrogen and oxygen atoms in total. The Morgan fingerprint density at radius 1 is 1.00 bits per heavy atom. The van der Waals surface area contributed by atoms with E-state index in [0.29, 0.717) is 6.54 Å². The van der Waals surface area contributed by atoms with E-state index in [4.69, 9.17) is 0 Å². The van der Waals surface area contributed by atoms with Crippen LogP contribution in [-0.4, -0.2) is 10.5 Å². The molecule has 0 bridgehead atoms. The normalized spacial score (nSPS) is 12.0. The van der Waals surface area contributed by atoms with Gasteiger partial charge in [-0.05, 0) is 50.5 Å². The van der Waals surface area contributed by atoms with Gasteiger partial charge in [-0.2, -0.15) is 0 Å². The Hall–Kier alpha value is -2.81. The lowest BCUT2D eigenvalue weighted by atomic mass is 10.1. The number of carbonyl (C=O) groups is 1. The molecule has 134 valence electrons. The van der Waals surface area contributed by atoms with Crippen LogP contribution in [0.25, 0.3) is 0 Å². The fourth-order valence-corrected chi connectivity index (χ4v) is 3.44. The lowest BCUT2D eigenvalue weighted by Crippen LogP contribution is -2.29. The summed E-state index contributed by atoms with van der Waals surface area (Å²) in [4.78, 5) is 13.0. The van der Waals surface area contributed by atoms with Crippen LogP contribution in [0.1, 0.15) is 51.4 Å². The Labute approximate surface area is 155 Å². The van der Waals surface area contributed by atoms with E-state index in [-0.39, 0.29) is 11.9 Å². The van der Waals surface area contributed by atoms with Gasteiger partial charge in [-0.1, -0.05) is 60.2 Å². The van der Waals surface area contributed by atoms with Gasteiger partial charge >= 0.3 is 0 Å². The summed E-state index contributed by atoms with van der Waals surface area (Å²) in [6, 6.07) is 20.5. The smallest absolute Gasteiger partial charge is 0.268 e. The van der Waals surface area contributed by atoms with E-state index < -0.39 is 0 Å². The number of aryl methyl sites for hydroxylation is 3. The van der Waals surface area contributed by atoms with Crippen molar-refractivity contribution in [2.75, 3.05) is 0 Å². The highest BCUT2D eigenvalue weighted by atomic mass is 16.2. The fourth-order valence-electron chi connectivity index (χ4n) is 3.44. The topological polar surface area (TPSA) is 34.0 Å². The molecule has 2 aromatic carbocycles. The van der Waals surface area contributed by atoms with Gasteiger partial charge in [0.1, 0.15) is 5.69 Å². The molecule has 0 saturated carbocycles. The molecule has 1 aromatic heterocycles. The summed E-state index contributed by atoms with van der Waals surface area (Å²) in [6.07, 6.45) is 0.